The van der Waals surface area contributed by atoms with Gasteiger partial charge < -0.3 is 10.1 Å². The van der Waals surface area contributed by atoms with E-state index in [9.17, 15) is 9.59 Å². The summed E-state index contributed by atoms with van der Waals surface area (Å²) >= 11 is 0. The second kappa shape index (κ2) is 3.51. The minimum absolute atomic E-state index is 0.0164. The number of Topliss-reactive ketones (excluding diaryl/α,β-unsaturated/α-hetero) is 1. The molecule has 62 valence electrons. The Morgan fingerprint density at radius 2 is 2.00 bits per heavy atom. The van der Waals surface area contributed by atoms with Crippen molar-refractivity contribution in [2.75, 3.05) is 0 Å². The van der Waals surface area contributed by atoms with Crippen molar-refractivity contribution in [1.29, 1.82) is 0 Å². The normalized spacial score (nSPS) is 16.1. The average molecular weight is 155 g/mol. The molecular weight excluding hydrogens is 142 g/mol. The molecule has 0 aliphatic heterocycles. The first-order valence-corrected chi connectivity index (χ1v) is 3.97. The third-order valence-corrected chi connectivity index (χ3v) is 1.65. The number of hydrogen-bond donors (Lipinski definition) is 1. The third kappa shape index (κ3) is 3.75. The minimum Gasteiger partial charge on any atom is -0.353 e. The zero-order valence-electron chi connectivity index (χ0n) is 6.72. The van der Waals surface area contributed by atoms with Crippen LogP contribution in [0.2, 0.25) is 0 Å². The van der Waals surface area contributed by atoms with Crippen molar-refractivity contribution >= 4 is 11.7 Å². The van der Waals surface area contributed by atoms with Gasteiger partial charge in [-0.2, -0.15) is 0 Å². The van der Waals surface area contributed by atoms with Crippen LogP contribution in [-0.4, -0.2) is 17.7 Å². The largest absolute Gasteiger partial charge is 0.353 e. The van der Waals surface area contributed by atoms with E-state index in [1.54, 1.807) is 0 Å². The molecule has 1 aliphatic carbocycles. The van der Waals surface area contributed by atoms with E-state index in [0.29, 0.717) is 18.9 Å². The maximum atomic E-state index is 10.9. The van der Waals surface area contributed by atoms with Crippen molar-refractivity contribution in [2.24, 2.45) is 0 Å². The quantitative estimate of drug-likeness (QED) is 0.647. The van der Waals surface area contributed by atoms with Crippen LogP contribution in [0.25, 0.3) is 0 Å². The number of rotatable bonds is 4. The van der Waals surface area contributed by atoms with Crippen molar-refractivity contribution in [3.8, 4) is 0 Å². The van der Waals surface area contributed by atoms with E-state index in [0.717, 1.165) is 12.8 Å². The van der Waals surface area contributed by atoms with Crippen molar-refractivity contribution < 1.29 is 9.59 Å². The molecule has 1 fully saturated rings. The highest BCUT2D eigenvalue weighted by molar-refractivity contribution is 5.83. The SMILES string of the molecule is CC(=O)CCC(=O)NC1CC1. The van der Waals surface area contributed by atoms with Crippen molar-refractivity contribution in [3.63, 3.8) is 0 Å². The van der Waals surface area contributed by atoms with Gasteiger partial charge in [0, 0.05) is 18.9 Å². The fraction of sp³-hybridized carbons (Fsp3) is 0.750. The second-order valence-electron chi connectivity index (χ2n) is 3.04. The molecule has 1 aliphatic rings. The van der Waals surface area contributed by atoms with Gasteiger partial charge in [-0.25, -0.2) is 0 Å². The summed E-state index contributed by atoms with van der Waals surface area (Å²) < 4.78 is 0. The van der Waals surface area contributed by atoms with Gasteiger partial charge in [0.05, 0.1) is 0 Å². The standard InChI is InChI=1S/C8H13NO2/c1-6(10)2-5-8(11)9-7-3-4-7/h7H,2-5H2,1H3,(H,9,11). The van der Waals surface area contributed by atoms with Crippen LogP contribution in [0, 0.1) is 0 Å². The van der Waals surface area contributed by atoms with Crippen LogP contribution in [0.5, 0.6) is 0 Å². The molecule has 0 spiro atoms. The lowest BCUT2D eigenvalue weighted by Gasteiger charge is -1.99. The summed E-state index contributed by atoms with van der Waals surface area (Å²) in [5.74, 6) is 0.0960. The van der Waals surface area contributed by atoms with Gasteiger partial charge in [0.25, 0.3) is 0 Å². The number of carbonyl (C=O) groups is 2. The number of carbonyl (C=O) groups excluding carboxylic acids is 2. The molecule has 0 radical (unpaired) electrons. The lowest BCUT2D eigenvalue weighted by atomic mass is 10.2. The fourth-order valence-corrected chi connectivity index (χ4v) is 0.817. The summed E-state index contributed by atoms with van der Waals surface area (Å²) in [7, 11) is 0. The summed E-state index contributed by atoms with van der Waals surface area (Å²) in [5, 5.41) is 2.82. The number of hydrogen-bond acceptors (Lipinski definition) is 2. The summed E-state index contributed by atoms with van der Waals surface area (Å²) in [4.78, 5) is 21.4. The Kier molecular flexibility index (Phi) is 2.63. The predicted molar refractivity (Wildman–Crippen MR) is 41.1 cm³/mol. The van der Waals surface area contributed by atoms with Gasteiger partial charge in [-0.1, -0.05) is 0 Å². The molecular formula is C8H13NO2. The molecule has 1 rings (SSSR count). The molecule has 0 bridgehead atoms. The smallest absolute Gasteiger partial charge is 0.220 e. The molecule has 0 atom stereocenters. The van der Waals surface area contributed by atoms with Crippen LogP contribution in [0.4, 0.5) is 0 Å². The maximum absolute atomic E-state index is 10.9. The van der Waals surface area contributed by atoms with E-state index in [4.69, 9.17) is 0 Å². The summed E-state index contributed by atoms with van der Waals surface area (Å²) in [6, 6.07) is 0.412. The van der Waals surface area contributed by atoms with Crippen molar-refractivity contribution in [2.45, 2.75) is 38.6 Å². The first kappa shape index (κ1) is 8.24. The lowest BCUT2D eigenvalue weighted by molar-refractivity contribution is -0.124. The van der Waals surface area contributed by atoms with E-state index in [2.05, 4.69) is 5.32 Å². The summed E-state index contributed by atoms with van der Waals surface area (Å²) in [5.41, 5.74) is 0. The summed E-state index contributed by atoms with van der Waals surface area (Å²) in [6.45, 7) is 1.50. The fourth-order valence-electron chi connectivity index (χ4n) is 0.817. The van der Waals surface area contributed by atoms with Crippen LogP contribution in [0.1, 0.15) is 32.6 Å². The lowest BCUT2D eigenvalue weighted by Crippen LogP contribution is -2.25. The monoisotopic (exact) mass is 155 g/mol. The van der Waals surface area contributed by atoms with Gasteiger partial charge in [0.15, 0.2) is 0 Å². The molecule has 3 heteroatoms. The minimum atomic E-state index is 0.0164. The predicted octanol–water partition coefficient (Wildman–Crippen LogP) is 0.634. The Balaban J connectivity index is 2.04. The molecule has 3 nitrogen and oxygen atoms in total. The molecule has 0 aromatic rings. The number of ketones is 1. The topological polar surface area (TPSA) is 46.2 Å². The van der Waals surface area contributed by atoms with Gasteiger partial charge in [-0.05, 0) is 19.8 Å². The van der Waals surface area contributed by atoms with E-state index in [1.807, 2.05) is 0 Å². The van der Waals surface area contributed by atoms with Gasteiger partial charge in [-0.15, -0.1) is 0 Å². The average Bonchev–Trinajstić information content (AvgIpc) is 2.67. The molecule has 11 heavy (non-hydrogen) atoms. The van der Waals surface area contributed by atoms with Gasteiger partial charge >= 0.3 is 0 Å². The first-order chi connectivity index (χ1) is 5.18. The maximum Gasteiger partial charge on any atom is 0.220 e. The highest BCUT2D eigenvalue weighted by Crippen LogP contribution is 2.18. The molecule has 0 aromatic carbocycles. The molecule has 0 saturated heterocycles. The van der Waals surface area contributed by atoms with E-state index in [-0.39, 0.29) is 11.7 Å². The first-order valence-electron chi connectivity index (χ1n) is 3.97. The Morgan fingerprint density at radius 3 is 2.45 bits per heavy atom. The van der Waals surface area contributed by atoms with E-state index < -0.39 is 0 Å². The van der Waals surface area contributed by atoms with Crippen LogP contribution < -0.4 is 5.32 Å². The molecule has 1 amide bonds. The van der Waals surface area contributed by atoms with Crippen LogP contribution in [0.15, 0.2) is 0 Å². The number of nitrogens with one attached hydrogen (secondary N) is 1. The Bertz CT molecular complexity index is 173. The molecule has 0 unspecified atom stereocenters. The molecule has 0 aromatic heterocycles. The zero-order chi connectivity index (χ0) is 8.27. The highest BCUT2D eigenvalue weighted by Gasteiger charge is 2.22. The Hall–Kier alpha value is -0.860. The van der Waals surface area contributed by atoms with Gasteiger partial charge in [0.2, 0.25) is 5.91 Å². The molecule has 1 N–H and O–H groups in total. The van der Waals surface area contributed by atoms with Crippen molar-refractivity contribution in [1.82, 2.24) is 5.32 Å². The van der Waals surface area contributed by atoms with Gasteiger partial charge in [-0.3, -0.25) is 4.79 Å². The second-order valence-corrected chi connectivity index (χ2v) is 3.04. The van der Waals surface area contributed by atoms with Gasteiger partial charge in [0.1, 0.15) is 5.78 Å². The van der Waals surface area contributed by atoms with Crippen molar-refractivity contribution in [3.05, 3.63) is 0 Å². The zero-order valence-corrected chi connectivity index (χ0v) is 6.72. The van der Waals surface area contributed by atoms with E-state index >= 15 is 0 Å². The summed E-state index contributed by atoms with van der Waals surface area (Å²) in [6.07, 6.45) is 2.93. The van der Waals surface area contributed by atoms with Crippen LogP contribution >= 0.6 is 0 Å². The number of amides is 1. The molecule has 0 heterocycles. The van der Waals surface area contributed by atoms with Crippen LogP contribution in [0.3, 0.4) is 0 Å². The molecule has 1 saturated carbocycles. The Labute approximate surface area is 66.2 Å². The Morgan fingerprint density at radius 1 is 1.36 bits per heavy atom. The van der Waals surface area contributed by atoms with E-state index in [1.165, 1.54) is 6.92 Å². The van der Waals surface area contributed by atoms with Crippen LogP contribution in [-0.2, 0) is 9.59 Å². The highest BCUT2D eigenvalue weighted by atomic mass is 16.2. The third-order valence-electron chi connectivity index (χ3n) is 1.65.